The summed E-state index contributed by atoms with van der Waals surface area (Å²) >= 11 is 0. The maximum absolute atomic E-state index is 13.0. The first kappa shape index (κ1) is 29.2. The Kier molecular flexibility index (Phi) is 8.86. The molecule has 220 valence electrons. The molecule has 0 unspecified atom stereocenters. The van der Waals surface area contributed by atoms with Gasteiger partial charge in [-0.15, -0.1) is 0 Å². The third-order valence-electron chi connectivity index (χ3n) is 8.59. The van der Waals surface area contributed by atoms with Crippen LogP contribution in [-0.4, -0.2) is 62.2 Å². The van der Waals surface area contributed by atoms with E-state index in [0.717, 1.165) is 58.6 Å². The van der Waals surface area contributed by atoms with Crippen LogP contribution in [0.15, 0.2) is 72.8 Å². The lowest BCUT2D eigenvalue weighted by Gasteiger charge is -2.43. The van der Waals surface area contributed by atoms with Crippen LogP contribution < -0.4 is 9.47 Å². The molecule has 3 aromatic rings. The number of hydrogen-bond donors (Lipinski definition) is 0. The van der Waals surface area contributed by atoms with Crippen LogP contribution in [0.2, 0.25) is 0 Å². The number of benzene rings is 3. The zero-order valence-corrected chi connectivity index (χ0v) is 25.0. The van der Waals surface area contributed by atoms with E-state index in [4.69, 9.17) is 14.2 Å². The Morgan fingerprint density at radius 2 is 1.60 bits per heavy atom. The highest BCUT2D eigenvalue weighted by Crippen LogP contribution is 2.49. The third kappa shape index (κ3) is 6.01. The van der Waals surface area contributed by atoms with Gasteiger partial charge in [0.05, 0.1) is 14.2 Å². The maximum Gasteiger partial charge on any atom is 0.410 e. The minimum atomic E-state index is -0.272. The molecule has 0 aromatic heterocycles. The molecule has 1 heterocycles. The molecule has 5 rings (SSSR count). The number of nitrogens with zero attached hydrogens (tertiary/aromatic N) is 2. The summed E-state index contributed by atoms with van der Waals surface area (Å²) in [5.41, 5.74) is 5.84. The highest BCUT2D eigenvalue weighted by molar-refractivity contribution is 5.95. The first-order valence-electron chi connectivity index (χ1n) is 14.7. The quantitative estimate of drug-likeness (QED) is 0.307. The standard InChI is InChI=1S/C35H40N2O5/c1-5-36(6-2)33(38)27-14-12-26(13-15-27)30-23-35(22-28-20-29(40-3)21-31(41-4)32(28)30)16-18-37(19-17-35)34(39)42-24-25-10-8-7-9-11-25/h7-15,20-21,23H,5-6,16-19,22,24H2,1-4H3. The van der Waals surface area contributed by atoms with Crippen molar-refractivity contribution >= 4 is 17.6 Å². The fraction of sp³-hybridized carbons (Fsp3) is 0.371. The predicted octanol–water partition coefficient (Wildman–Crippen LogP) is 6.59. The lowest BCUT2D eigenvalue weighted by atomic mass is 9.67. The van der Waals surface area contributed by atoms with Gasteiger partial charge < -0.3 is 24.0 Å². The van der Waals surface area contributed by atoms with Gasteiger partial charge in [0.2, 0.25) is 0 Å². The van der Waals surface area contributed by atoms with E-state index in [1.807, 2.05) is 84.3 Å². The Hall–Kier alpha value is -4.26. The Balaban J connectivity index is 1.42. The number of rotatable bonds is 8. The molecule has 2 aliphatic rings. The molecule has 1 spiro atoms. The van der Waals surface area contributed by atoms with Crippen LogP contribution in [0.25, 0.3) is 5.57 Å². The van der Waals surface area contributed by atoms with Gasteiger partial charge >= 0.3 is 6.09 Å². The molecule has 42 heavy (non-hydrogen) atoms. The lowest BCUT2D eigenvalue weighted by Crippen LogP contribution is -2.44. The zero-order chi connectivity index (χ0) is 29.7. The number of fused-ring (bicyclic) bond motifs is 1. The lowest BCUT2D eigenvalue weighted by molar-refractivity contribution is 0.0721. The fourth-order valence-corrected chi connectivity index (χ4v) is 6.16. The van der Waals surface area contributed by atoms with E-state index in [9.17, 15) is 9.59 Å². The number of likely N-dealkylation sites (tertiary alicyclic amines) is 1. The van der Waals surface area contributed by atoms with E-state index in [0.29, 0.717) is 31.7 Å². The molecule has 1 saturated heterocycles. The van der Waals surface area contributed by atoms with Gasteiger partial charge in [-0.3, -0.25) is 4.79 Å². The van der Waals surface area contributed by atoms with Crippen LogP contribution in [0.5, 0.6) is 11.5 Å². The van der Waals surface area contributed by atoms with Crippen molar-refractivity contribution in [3.05, 3.63) is 101 Å². The normalized spacial score (nSPS) is 15.4. The average Bonchev–Trinajstić information content (AvgIpc) is 3.04. The summed E-state index contributed by atoms with van der Waals surface area (Å²) in [7, 11) is 3.35. The van der Waals surface area contributed by atoms with E-state index in [2.05, 4.69) is 12.1 Å². The second kappa shape index (κ2) is 12.7. The van der Waals surface area contributed by atoms with Gasteiger partial charge in [-0.05, 0) is 79.0 Å². The van der Waals surface area contributed by atoms with Crippen molar-refractivity contribution in [1.29, 1.82) is 0 Å². The van der Waals surface area contributed by atoms with E-state index in [1.165, 1.54) is 0 Å². The van der Waals surface area contributed by atoms with Crippen LogP contribution in [0.4, 0.5) is 4.79 Å². The number of methoxy groups -OCH3 is 2. The summed E-state index contributed by atoms with van der Waals surface area (Å²) in [6.45, 7) is 6.84. The highest BCUT2D eigenvalue weighted by Gasteiger charge is 2.39. The number of ether oxygens (including phenoxy) is 3. The van der Waals surface area contributed by atoms with Crippen LogP contribution in [0, 0.1) is 5.41 Å². The van der Waals surface area contributed by atoms with Crippen LogP contribution in [0.1, 0.15) is 59.3 Å². The summed E-state index contributed by atoms with van der Waals surface area (Å²) in [5, 5.41) is 0. The summed E-state index contributed by atoms with van der Waals surface area (Å²) in [5.74, 6) is 1.55. The summed E-state index contributed by atoms with van der Waals surface area (Å²) in [6, 6.07) is 21.7. The maximum atomic E-state index is 13.0. The second-order valence-electron chi connectivity index (χ2n) is 11.0. The van der Waals surface area contributed by atoms with E-state index in [1.54, 1.807) is 14.2 Å². The number of amides is 2. The molecule has 3 aromatic carbocycles. The SMILES string of the molecule is CCN(CC)C(=O)c1ccc(C2=CC3(CCN(C(=O)OCc4ccccc4)CC3)Cc3cc(OC)cc(OC)c32)cc1. The molecule has 0 saturated carbocycles. The van der Waals surface area contributed by atoms with Crippen LogP contribution >= 0.6 is 0 Å². The molecule has 0 N–H and O–H groups in total. The van der Waals surface area contributed by atoms with Crippen LogP contribution in [0.3, 0.4) is 0 Å². The molecule has 0 bridgehead atoms. The van der Waals surface area contributed by atoms with E-state index >= 15 is 0 Å². The van der Waals surface area contributed by atoms with Crippen molar-refractivity contribution in [1.82, 2.24) is 9.80 Å². The number of carbonyl (C=O) groups is 2. The zero-order valence-electron chi connectivity index (χ0n) is 25.0. The molecule has 7 nitrogen and oxygen atoms in total. The number of piperidine rings is 1. The molecule has 0 radical (unpaired) electrons. The minimum Gasteiger partial charge on any atom is -0.497 e. The second-order valence-corrected chi connectivity index (χ2v) is 11.0. The van der Waals surface area contributed by atoms with Gasteiger partial charge in [-0.25, -0.2) is 4.79 Å². The minimum absolute atomic E-state index is 0.0369. The number of carbonyl (C=O) groups excluding carboxylic acids is 2. The number of allylic oxidation sites excluding steroid dienone is 1. The highest BCUT2D eigenvalue weighted by atomic mass is 16.6. The Bertz CT molecular complexity index is 1440. The van der Waals surface area contributed by atoms with Gasteiger partial charge in [0.1, 0.15) is 18.1 Å². The number of hydrogen-bond acceptors (Lipinski definition) is 5. The molecule has 2 amide bonds. The van der Waals surface area contributed by atoms with Crippen molar-refractivity contribution in [3.63, 3.8) is 0 Å². The van der Waals surface area contributed by atoms with Crippen molar-refractivity contribution < 1.29 is 23.8 Å². The van der Waals surface area contributed by atoms with Gasteiger partial charge in [0.15, 0.2) is 0 Å². The Morgan fingerprint density at radius 1 is 0.905 bits per heavy atom. The monoisotopic (exact) mass is 568 g/mol. The molecular formula is C35H40N2O5. The van der Waals surface area contributed by atoms with Gasteiger partial charge in [-0.1, -0.05) is 48.5 Å². The van der Waals surface area contributed by atoms with Gasteiger partial charge in [-0.2, -0.15) is 0 Å². The van der Waals surface area contributed by atoms with Gasteiger partial charge in [0.25, 0.3) is 5.91 Å². The van der Waals surface area contributed by atoms with Crippen LogP contribution in [-0.2, 0) is 17.8 Å². The molecule has 7 heteroatoms. The summed E-state index contributed by atoms with van der Waals surface area (Å²) in [6.07, 6.45) is 4.55. The first-order chi connectivity index (χ1) is 20.4. The summed E-state index contributed by atoms with van der Waals surface area (Å²) in [4.78, 5) is 29.5. The molecule has 1 aliphatic carbocycles. The fourth-order valence-electron chi connectivity index (χ4n) is 6.16. The molecule has 1 fully saturated rings. The van der Waals surface area contributed by atoms with E-state index in [-0.39, 0.29) is 24.0 Å². The summed E-state index contributed by atoms with van der Waals surface area (Å²) < 4.78 is 17.1. The first-order valence-corrected chi connectivity index (χ1v) is 14.7. The van der Waals surface area contributed by atoms with Crippen molar-refractivity contribution in [3.8, 4) is 11.5 Å². The van der Waals surface area contributed by atoms with Crippen molar-refractivity contribution in [2.75, 3.05) is 40.4 Å². The molecule has 0 atom stereocenters. The third-order valence-corrected chi connectivity index (χ3v) is 8.59. The predicted molar refractivity (Wildman–Crippen MR) is 164 cm³/mol. The Labute approximate surface area is 248 Å². The van der Waals surface area contributed by atoms with Gasteiger partial charge in [0, 0.05) is 43.4 Å². The largest absolute Gasteiger partial charge is 0.497 e. The van der Waals surface area contributed by atoms with Crippen molar-refractivity contribution in [2.45, 2.75) is 39.7 Å². The van der Waals surface area contributed by atoms with Crippen molar-refractivity contribution in [2.24, 2.45) is 5.41 Å². The smallest absolute Gasteiger partial charge is 0.410 e. The average molecular weight is 569 g/mol. The Morgan fingerprint density at radius 3 is 2.21 bits per heavy atom. The topological polar surface area (TPSA) is 68.3 Å². The van der Waals surface area contributed by atoms with E-state index < -0.39 is 0 Å². The molecular weight excluding hydrogens is 528 g/mol. The molecule has 1 aliphatic heterocycles.